The Labute approximate surface area is 132 Å². The summed E-state index contributed by atoms with van der Waals surface area (Å²) in [6.45, 7) is 0. The van der Waals surface area contributed by atoms with Crippen molar-refractivity contribution in [3.8, 4) is 17.2 Å². The van der Waals surface area contributed by atoms with E-state index in [1.54, 1.807) is 19.2 Å². The van der Waals surface area contributed by atoms with Gasteiger partial charge in [0.25, 0.3) is 5.89 Å². The first-order valence-electron chi connectivity index (χ1n) is 7.15. The number of benzene rings is 1. The van der Waals surface area contributed by atoms with Crippen molar-refractivity contribution in [1.82, 2.24) is 15.5 Å². The van der Waals surface area contributed by atoms with Crippen LogP contribution in [0, 0.1) is 0 Å². The number of hydrogen-bond acceptors (Lipinski definition) is 5. The van der Waals surface area contributed by atoms with Crippen molar-refractivity contribution in [3.05, 3.63) is 29.0 Å². The molecule has 1 amide bonds. The largest absolute Gasteiger partial charge is 0.490 e. The van der Waals surface area contributed by atoms with Crippen LogP contribution < -0.4 is 10.1 Å². The molecule has 1 aliphatic rings. The smallest absolute Gasteiger partial charge is 0.259 e. The van der Waals surface area contributed by atoms with Gasteiger partial charge in [-0.2, -0.15) is 4.98 Å². The monoisotopic (exact) mass is 321 g/mol. The van der Waals surface area contributed by atoms with Gasteiger partial charge in [0.15, 0.2) is 5.82 Å². The minimum Gasteiger partial charge on any atom is -0.490 e. The van der Waals surface area contributed by atoms with Gasteiger partial charge in [-0.25, -0.2) is 0 Å². The Morgan fingerprint density at radius 1 is 1.50 bits per heavy atom. The van der Waals surface area contributed by atoms with Crippen LogP contribution in [0.3, 0.4) is 0 Å². The molecule has 0 atom stereocenters. The SMILES string of the molecule is CNC(=O)Cc1noc(-c2ccc(OC3CCC3)cc2Cl)n1. The van der Waals surface area contributed by atoms with Gasteiger partial charge in [-0.3, -0.25) is 4.79 Å². The number of aromatic nitrogens is 2. The molecule has 22 heavy (non-hydrogen) atoms. The molecule has 0 bridgehead atoms. The molecule has 0 radical (unpaired) electrons. The first-order valence-corrected chi connectivity index (χ1v) is 7.53. The van der Waals surface area contributed by atoms with E-state index in [2.05, 4.69) is 15.5 Å². The predicted octanol–water partition coefficient (Wildman–Crippen LogP) is 2.61. The van der Waals surface area contributed by atoms with Crippen LogP contribution in [0.5, 0.6) is 5.75 Å². The van der Waals surface area contributed by atoms with E-state index in [0.29, 0.717) is 28.4 Å². The quantitative estimate of drug-likeness (QED) is 0.916. The summed E-state index contributed by atoms with van der Waals surface area (Å²) in [6, 6.07) is 5.37. The first-order chi connectivity index (χ1) is 10.7. The van der Waals surface area contributed by atoms with Crippen molar-refractivity contribution in [2.75, 3.05) is 7.05 Å². The molecule has 1 aromatic carbocycles. The Morgan fingerprint density at radius 2 is 2.32 bits per heavy atom. The molecule has 3 rings (SSSR count). The fourth-order valence-corrected chi connectivity index (χ4v) is 2.34. The van der Waals surface area contributed by atoms with Crippen LogP contribution in [0.15, 0.2) is 22.7 Å². The summed E-state index contributed by atoms with van der Waals surface area (Å²) in [5.74, 6) is 1.17. The third-order valence-corrected chi connectivity index (χ3v) is 3.90. The fraction of sp³-hybridized carbons (Fsp3) is 0.400. The second kappa shape index (κ2) is 6.36. The van der Waals surface area contributed by atoms with E-state index in [9.17, 15) is 4.79 Å². The average molecular weight is 322 g/mol. The van der Waals surface area contributed by atoms with Crippen molar-refractivity contribution >= 4 is 17.5 Å². The van der Waals surface area contributed by atoms with Gasteiger partial charge in [-0.15, -0.1) is 0 Å². The minimum atomic E-state index is -0.178. The lowest BCUT2D eigenvalue weighted by Crippen LogP contribution is -2.24. The summed E-state index contributed by atoms with van der Waals surface area (Å²) >= 11 is 6.26. The van der Waals surface area contributed by atoms with E-state index in [-0.39, 0.29) is 12.3 Å². The maximum absolute atomic E-state index is 11.3. The molecule has 1 aromatic heterocycles. The van der Waals surface area contributed by atoms with Gasteiger partial charge >= 0.3 is 0 Å². The molecule has 1 N–H and O–H groups in total. The summed E-state index contributed by atoms with van der Waals surface area (Å²) in [7, 11) is 1.56. The fourth-order valence-electron chi connectivity index (χ4n) is 2.09. The van der Waals surface area contributed by atoms with E-state index in [1.807, 2.05) is 6.07 Å². The van der Waals surface area contributed by atoms with Gasteiger partial charge < -0.3 is 14.6 Å². The van der Waals surface area contributed by atoms with E-state index in [4.69, 9.17) is 20.9 Å². The van der Waals surface area contributed by atoms with Crippen LogP contribution in [0.1, 0.15) is 25.1 Å². The normalized spacial score (nSPS) is 14.5. The van der Waals surface area contributed by atoms with Crippen molar-refractivity contribution in [2.24, 2.45) is 0 Å². The molecule has 116 valence electrons. The molecule has 0 spiro atoms. The highest BCUT2D eigenvalue weighted by atomic mass is 35.5. The molecule has 1 saturated carbocycles. The topological polar surface area (TPSA) is 77.2 Å². The lowest BCUT2D eigenvalue weighted by Gasteiger charge is -2.26. The van der Waals surface area contributed by atoms with E-state index < -0.39 is 0 Å². The third kappa shape index (κ3) is 3.22. The molecule has 2 aromatic rings. The molecular weight excluding hydrogens is 306 g/mol. The van der Waals surface area contributed by atoms with Gasteiger partial charge in [-0.1, -0.05) is 16.8 Å². The number of nitrogens with one attached hydrogen (secondary N) is 1. The molecule has 0 saturated heterocycles. The van der Waals surface area contributed by atoms with E-state index in [0.717, 1.165) is 18.6 Å². The number of hydrogen-bond donors (Lipinski definition) is 1. The molecule has 1 heterocycles. The summed E-state index contributed by atoms with van der Waals surface area (Å²) in [4.78, 5) is 15.5. The minimum absolute atomic E-state index is 0.0699. The number of halogens is 1. The molecule has 6 nitrogen and oxygen atoms in total. The van der Waals surface area contributed by atoms with Crippen molar-refractivity contribution < 1.29 is 14.1 Å². The zero-order valence-corrected chi connectivity index (χ0v) is 12.9. The van der Waals surface area contributed by atoms with Gasteiger partial charge in [0.2, 0.25) is 5.91 Å². The van der Waals surface area contributed by atoms with Gasteiger partial charge in [-0.05, 0) is 37.5 Å². The molecule has 7 heteroatoms. The molecule has 0 aliphatic heterocycles. The maximum Gasteiger partial charge on any atom is 0.259 e. The number of nitrogens with zero attached hydrogens (tertiary/aromatic N) is 2. The van der Waals surface area contributed by atoms with Crippen molar-refractivity contribution in [3.63, 3.8) is 0 Å². The first kappa shape index (κ1) is 14.8. The predicted molar refractivity (Wildman–Crippen MR) is 80.8 cm³/mol. The highest BCUT2D eigenvalue weighted by Crippen LogP contribution is 2.32. The van der Waals surface area contributed by atoms with Gasteiger partial charge in [0.1, 0.15) is 5.75 Å². The Bertz CT molecular complexity index is 682. The number of amides is 1. The van der Waals surface area contributed by atoms with Crippen LogP contribution in [-0.2, 0) is 11.2 Å². The second-order valence-electron chi connectivity index (χ2n) is 5.18. The molecular formula is C15H16ClN3O3. The molecule has 1 aliphatic carbocycles. The van der Waals surface area contributed by atoms with Crippen LogP contribution in [0.2, 0.25) is 5.02 Å². The Hall–Kier alpha value is -2.08. The number of ether oxygens (including phenoxy) is 1. The average Bonchev–Trinajstić information content (AvgIpc) is 2.91. The number of rotatable bonds is 5. The van der Waals surface area contributed by atoms with Crippen LogP contribution in [-0.4, -0.2) is 29.2 Å². The Morgan fingerprint density at radius 3 is 2.95 bits per heavy atom. The van der Waals surface area contributed by atoms with Crippen LogP contribution in [0.25, 0.3) is 11.5 Å². The molecule has 0 unspecified atom stereocenters. The van der Waals surface area contributed by atoms with E-state index >= 15 is 0 Å². The summed E-state index contributed by atoms with van der Waals surface area (Å²) < 4.78 is 11.0. The lowest BCUT2D eigenvalue weighted by atomic mass is 9.96. The maximum atomic E-state index is 11.3. The van der Waals surface area contributed by atoms with Crippen molar-refractivity contribution in [1.29, 1.82) is 0 Å². The van der Waals surface area contributed by atoms with E-state index in [1.165, 1.54) is 6.42 Å². The van der Waals surface area contributed by atoms with Gasteiger partial charge in [0, 0.05) is 7.05 Å². The lowest BCUT2D eigenvalue weighted by molar-refractivity contribution is -0.120. The standard InChI is InChI=1S/C15H16ClN3O3/c1-17-14(20)8-13-18-15(22-19-13)11-6-5-10(7-12(11)16)21-9-3-2-4-9/h5-7,9H,2-4,8H2,1H3,(H,17,20). The Kier molecular flexibility index (Phi) is 4.29. The second-order valence-corrected chi connectivity index (χ2v) is 5.59. The van der Waals surface area contributed by atoms with Crippen LogP contribution in [0.4, 0.5) is 0 Å². The zero-order chi connectivity index (χ0) is 15.5. The molecule has 1 fully saturated rings. The number of carbonyl (C=O) groups is 1. The Balaban J connectivity index is 1.75. The highest BCUT2D eigenvalue weighted by Gasteiger charge is 2.20. The number of likely N-dealkylation sites (N-methyl/N-ethyl adjacent to an activating group) is 1. The number of carbonyl (C=O) groups excluding carboxylic acids is 1. The third-order valence-electron chi connectivity index (χ3n) is 3.59. The summed E-state index contributed by atoms with van der Waals surface area (Å²) in [6.07, 6.45) is 3.76. The highest BCUT2D eigenvalue weighted by molar-refractivity contribution is 6.33. The zero-order valence-electron chi connectivity index (χ0n) is 12.1. The van der Waals surface area contributed by atoms with Crippen LogP contribution >= 0.6 is 11.6 Å². The van der Waals surface area contributed by atoms with Crippen molar-refractivity contribution in [2.45, 2.75) is 31.8 Å². The van der Waals surface area contributed by atoms with Gasteiger partial charge in [0.05, 0.1) is 23.1 Å². The summed E-state index contributed by atoms with van der Waals surface area (Å²) in [5, 5.41) is 6.76. The summed E-state index contributed by atoms with van der Waals surface area (Å²) in [5.41, 5.74) is 0.623.